The molecule has 1 saturated heterocycles. The second-order valence-corrected chi connectivity index (χ2v) is 9.97. The van der Waals surface area contributed by atoms with Crippen molar-refractivity contribution < 1.29 is 19.6 Å². The summed E-state index contributed by atoms with van der Waals surface area (Å²) < 4.78 is 6.69. The Hall–Kier alpha value is -0.530. The molecule has 0 atom stereocenters. The van der Waals surface area contributed by atoms with E-state index in [1.54, 1.807) is 6.20 Å². The van der Waals surface area contributed by atoms with Crippen LogP contribution in [0.3, 0.4) is 0 Å². The lowest BCUT2D eigenvalue weighted by atomic mass is 9.53. The quantitative estimate of drug-likeness (QED) is 0.771. The van der Waals surface area contributed by atoms with Gasteiger partial charge in [0.25, 0.3) is 0 Å². The Morgan fingerprint density at radius 3 is 2.24 bits per heavy atom. The van der Waals surface area contributed by atoms with Gasteiger partial charge in [-0.05, 0) is 56.8 Å². The lowest BCUT2D eigenvalue weighted by Crippen LogP contribution is -2.59. The van der Waals surface area contributed by atoms with Crippen molar-refractivity contribution in [3.63, 3.8) is 0 Å². The highest BCUT2D eigenvalue weighted by Crippen LogP contribution is 2.64. The van der Waals surface area contributed by atoms with Gasteiger partial charge in [-0.2, -0.15) is 9.78 Å². The zero-order chi connectivity index (χ0) is 16.7. The van der Waals surface area contributed by atoms with Gasteiger partial charge in [0.1, 0.15) is 10.6 Å². The molecule has 6 heteroatoms. The molecule has 0 aromatic carbocycles. The Morgan fingerprint density at radius 1 is 0.960 bits per heavy atom. The Labute approximate surface area is 151 Å². The highest BCUT2D eigenvalue weighted by molar-refractivity contribution is 7.09. The van der Waals surface area contributed by atoms with Crippen LogP contribution >= 0.6 is 11.3 Å². The number of aliphatic hydroxyl groups is 1. The van der Waals surface area contributed by atoms with Gasteiger partial charge in [0, 0.05) is 36.3 Å². The summed E-state index contributed by atoms with van der Waals surface area (Å²) in [5, 5.41) is 13.7. The van der Waals surface area contributed by atoms with Crippen LogP contribution in [0.25, 0.3) is 0 Å². The molecule has 136 valence electrons. The van der Waals surface area contributed by atoms with Crippen molar-refractivity contribution in [1.82, 2.24) is 4.98 Å². The number of nitrogens with zero attached hydrogens (tertiary/aromatic N) is 1. The Balaban J connectivity index is 1.23. The summed E-state index contributed by atoms with van der Waals surface area (Å²) in [6, 6.07) is 0. The van der Waals surface area contributed by atoms with E-state index in [0.717, 1.165) is 16.8 Å². The molecule has 7 rings (SSSR count). The zero-order valence-corrected chi connectivity index (χ0v) is 15.2. The van der Waals surface area contributed by atoms with Gasteiger partial charge < -0.3 is 9.84 Å². The maximum atomic E-state index is 11.0. The lowest BCUT2D eigenvalue weighted by molar-refractivity contribution is -0.391. The van der Waals surface area contributed by atoms with Gasteiger partial charge in [-0.25, -0.2) is 4.98 Å². The van der Waals surface area contributed by atoms with Gasteiger partial charge in [-0.15, -0.1) is 11.3 Å². The average Bonchev–Trinajstić information content (AvgIpc) is 3.26. The molecule has 0 amide bonds. The van der Waals surface area contributed by atoms with Crippen LogP contribution < -0.4 is 0 Å². The molecular weight excluding hydrogens is 338 g/mol. The van der Waals surface area contributed by atoms with Gasteiger partial charge in [0.2, 0.25) is 11.6 Å². The van der Waals surface area contributed by atoms with Gasteiger partial charge in [0.15, 0.2) is 0 Å². The SMILES string of the molecule is OC1(c2nccs2)CCC2(CC1)OOC1(O2)C2CC3CC(C2)CC1C3. The fourth-order valence-corrected chi connectivity index (χ4v) is 7.30. The predicted molar refractivity (Wildman–Crippen MR) is 90.2 cm³/mol. The number of hydrogen-bond donors (Lipinski definition) is 1. The number of thiazole rings is 1. The lowest BCUT2D eigenvalue weighted by Gasteiger charge is -2.57. The van der Waals surface area contributed by atoms with Crippen molar-refractivity contribution in [3.05, 3.63) is 16.6 Å². The third-order valence-electron chi connectivity index (χ3n) is 7.61. The van der Waals surface area contributed by atoms with E-state index in [0.29, 0.717) is 37.5 Å². The maximum Gasteiger partial charge on any atom is 0.210 e. The molecular formula is C19H25NO4S. The first-order valence-corrected chi connectivity index (χ1v) is 10.7. The van der Waals surface area contributed by atoms with E-state index in [1.807, 2.05) is 5.38 Å². The number of rotatable bonds is 1. The molecule has 6 aliphatic rings. The highest BCUT2D eigenvalue weighted by atomic mass is 32.1. The average molecular weight is 363 g/mol. The minimum atomic E-state index is -0.841. The monoisotopic (exact) mass is 363 g/mol. The van der Waals surface area contributed by atoms with Crippen molar-refractivity contribution in [2.24, 2.45) is 23.7 Å². The van der Waals surface area contributed by atoms with E-state index >= 15 is 0 Å². The largest absolute Gasteiger partial charge is 0.383 e. The summed E-state index contributed by atoms with van der Waals surface area (Å²) in [5.74, 6) is 1.55. The number of hydrogen-bond acceptors (Lipinski definition) is 6. The molecule has 2 heterocycles. The first kappa shape index (κ1) is 15.5. The number of ether oxygens (including phenoxy) is 1. The third-order valence-corrected chi connectivity index (χ3v) is 8.58. The Kier molecular flexibility index (Phi) is 3.13. The summed E-state index contributed by atoms with van der Waals surface area (Å²) in [5.41, 5.74) is -0.841. The van der Waals surface area contributed by atoms with Crippen LogP contribution in [0.5, 0.6) is 0 Å². The van der Waals surface area contributed by atoms with E-state index in [9.17, 15) is 5.11 Å². The van der Waals surface area contributed by atoms with Crippen molar-refractivity contribution in [2.75, 3.05) is 0 Å². The molecule has 5 nitrogen and oxygen atoms in total. The molecule has 0 radical (unpaired) electrons. The minimum Gasteiger partial charge on any atom is -0.383 e. The van der Waals surface area contributed by atoms with Crippen LogP contribution in [0.1, 0.15) is 62.8 Å². The second-order valence-electron chi connectivity index (χ2n) is 9.07. The smallest absolute Gasteiger partial charge is 0.210 e. The van der Waals surface area contributed by atoms with Crippen LogP contribution in [-0.2, 0) is 20.1 Å². The zero-order valence-electron chi connectivity index (χ0n) is 14.4. The first-order chi connectivity index (χ1) is 12.1. The van der Waals surface area contributed by atoms with Crippen molar-refractivity contribution in [1.29, 1.82) is 0 Å². The van der Waals surface area contributed by atoms with Crippen LogP contribution in [0.4, 0.5) is 0 Å². The molecule has 2 spiro atoms. The predicted octanol–water partition coefficient (Wildman–Crippen LogP) is 3.73. The summed E-state index contributed by atoms with van der Waals surface area (Å²) in [6.45, 7) is 0. The van der Waals surface area contributed by atoms with Crippen LogP contribution in [0, 0.1) is 23.7 Å². The standard InChI is InChI=1S/C19H25NO4S/c21-17(16-20-5-6-25-16)1-3-18(4-2-17)22-19(24-23-18)14-8-12-7-13(10-14)11-15(19)9-12/h5-6,12-15,21H,1-4,7-11H2. The molecule has 1 aliphatic heterocycles. The van der Waals surface area contributed by atoms with E-state index in [4.69, 9.17) is 14.5 Å². The van der Waals surface area contributed by atoms with Crippen LogP contribution in [-0.4, -0.2) is 21.7 Å². The summed E-state index contributed by atoms with van der Waals surface area (Å²) >= 11 is 1.53. The van der Waals surface area contributed by atoms with Crippen LogP contribution in [0.15, 0.2) is 11.6 Å². The van der Waals surface area contributed by atoms with E-state index in [-0.39, 0.29) is 0 Å². The molecule has 6 fully saturated rings. The van der Waals surface area contributed by atoms with E-state index < -0.39 is 17.2 Å². The number of aromatic nitrogens is 1. The topological polar surface area (TPSA) is 60.8 Å². The van der Waals surface area contributed by atoms with Gasteiger partial charge in [-0.3, -0.25) is 0 Å². The molecule has 5 aliphatic carbocycles. The molecule has 1 aromatic rings. The molecule has 5 saturated carbocycles. The van der Waals surface area contributed by atoms with Gasteiger partial charge in [-0.1, -0.05) is 0 Å². The van der Waals surface area contributed by atoms with E-state index in [2.05, 4.69) is 4.98 Å². The Morgan fingerprint density at radius 2 is 1.64 bits per heavy atom. The maximum absolute atomic E-state index is 11.0. The van der Waals surface area contributed by atoms with Gasteiger partial charge >= 0.3 is 0 Å². The van der Waals surface area contributed by atoms with Crippen molar-refractivity contribution in [2.45, 2.75) is 75.0 Å². The van der Waals surface area contributed by atoms with Crippen LogP contribution in [0.2, 0.25) is 0 Å². The molecule has 1 aromatic heterocycles. The van der Waals surface area contributed by atoms with Gasteiger partial charge in [0.05, 0.1) is 0 Å². The van der Waals surface area contributed by atoms with Crippen molar-refractivity contribution >= 4 is 11.3 Å². The first-order valence-electron chi connectivity index (χ1n) is 9.79. The molecule has 4 bridgehead atoms. The van der Waals surface area contributed by atoms with E-state index in [1.165, 1.54) is 43.4 Å². The minimum absolute atomic E-state index is 0.489. The molecule has 0 unspecified atom stereocenters. The highest BCUT2D eigenvalue weighted by Gasteiger charge is 2.67. The molecule has 1 N–H and O–H groups in total. The second kappa shape index (κ2) is 5.04. The molecule has 25 heavy (non-hydrogen) atoms. The summed E-state index contributed by atoms with van der Waals surface area (Å²) in [4.78, 5) is 16.3. The fourth-order valence-electron chi connectivity index (χ4n) is 6.51. The summed E-state index contributed by atoms with van der Waals surface area (Å²) in [6.07, 6.45) is 10.7. The fraction of sp³-hybridized carbons (Fsp3) is 0.842. The normalized spacial score (nSPS) is 54.0. The third kappa shape index (κ3) is 2.12. The Bertz CT molecular complexity index is 639. The summed E-state index contributed by atoms with van der Waals surface area (Å²) in [7, 11) is 0. The van der Waals surface area contributed by atoms with Crippen molar-refractivity contribution in [3.8, 4) is 0 Å².